The molecule has 0 amide bonds. The number of nitrogens with zero attached hydrogens (tertiary/aromatic N) is 3. The van der Waals surface area contributed by atoms with Crippen LogP contribution in [0.2, 0.25) is 5.15 Å². The molecule has 0 aromatic carbocycles. The van der Waals surface area contributed by atoms with E-state index in [0.29, 0.717) is 11.2 Å². The molecule has 1 unspecified atom stereocenters. The summed E-state index contributed by atoms with van der Waals surface area (Å²) in [6.45, 7) is 2.91. The molecule has 5 heteroatoms. The van der Waals surface area contributed by atoms with Crippen LogP contribution >= 0.6 is 11.6 Å². The van der Waals surface area contributed by atoms with Gasteiger partial charge in [0.05, 0.1) is 5.69 Å². The van der Waals surface area contributed by atoms with Gasteiger partial charge in [-0.05, 0) is 20.0 Å². The number of nitrogens with one attached hydrogen (secondary N) is 1. The SMILES string of the molecule is CN(Cc1nccnc1Cl)C1CCNC1. The number of halogens is 1. The van der Waals surface area contributed by atoms with Gasteiger partial charge in [0.25, 0.3) is 0 Å². The van der Waals surface area contributed by atoms with Crippen LogP contribution < -0.4 is 5.32 Å². The molecule has 82 valence electrons. The van der Waals surface area contributed by atoms with Crippen molar-refractivity contribution in [3.05, 3.63) is 23.2 Å². The highest BCUT2D eigenvalue weighted by Crippen LogP contribution is 2.14. The molecule has 0 radical (unpaired) electrons. The maximum Gasteiger partial charge on any atom is 0.151 e. The number of aromatic nitrogens is 2. The highest BCUT2D eigenvalue weighted by Gasteiger charge is 2.20. The van der Waals surface area contributed by atoms with Gasteiger partial charge in [0.1, 0.15) is 0 Å². The monoisotopic (exact) mass is 226 g/mol. The van der Waals surface area contributed by atoms with Crippen molar-refractivity contribution in [2.45, 2.75) is 19.0 Å². The lowest BCUT2D eigenvalue weighted by Gasteiger charge is -2.22. The Bertz CT molecular complexity index is 325. The third-order valence-corrected chi connectivity index (χ3v) is 3.10. The van der Waals surface area contributed by atoms with E-state index in [1.54, 1.807) is 12.4 Å². The Kier molecular flexibility index (Phi) is 3.51. The fourth-order valence-corrected chi connectivity index (χ4v) is 2.00. The number of hydrogen-bond donors (Lipinski definition) is 1. The molecule has 0 bridgehead atoms. The minimum atomic E-state index is 0.510. The van der Waals surface area contributed by atoms with Gasteiger partial charge < -0.3 is 5.32 Å². The average Bonchev–Trinajstić information content (AvgIpc) is 2.74. The van der Waals surface area contributed by atoms with E-state index in [2.05, 4.69) is 27.2 Å². The Morgan fingerprint density at radius 3 is 3.00 bits per heavy atom. The van der Waals surface area contributed by atoms with Crippen molar-refractivity contribution in [1.82, 2.24) is 20.2 Å². The molecule has 1 aromatic heterocycles. The molecule has 2 rings (SSSR count). The minimum absolute atomic E-state index is 0.510. The Morgan fingerprint density at radius 1 is 1.53 bits per heavy atom. The molecule has 1 fully saturated rings. The first-order valence-electron chi connectivity index (χ1n) is 5.13. The summed E-state index contributed by atoms with van der Waals surface area (Å²) in [5.41, 5.74) is 0.855. The van der Waals surface area contributed by atoms with Crippen LogP contribution in [0.25, 0.3) is 0 Å². The first-order chi connectivity index (χ1) is 7.27. The lowest BCUT2D eigenvalue weighted by Crippen LogP contribution is -2.33. The average molecular weight is 227 g/mol. The second-order valence-corrected chi connectivity index (χ2v) is 4.21. The molecule has 0 aliphatic carbocycles. The molecule has 4 nitrogen and oxygen atoms in total. The van der Waals surface area contributed by atoms with Crippen molar-refractivity contribution in [3.63, 3.8) is 0 Å². The van der Waals surface area contributed by atoms with Gasteiger partial charge in [-0.3, -0.25) is 9.88 Å². The summed E-state index contributed by atoms with van der Waals surface area (Å²) >= 11 is 5.96. The highest BCUT2D eigenvalue weighted by molar-refractivity contribution is 6.29. The van der Waals surface area contributed by atoms with Gasteiger partial charge in [-0.15, -0.1) is 0 Å². The van der Waals surface area contributed by atoms with E-state index in [1.165, 1.54) is 6.42 Å². The maximum absolute atomic E-state index is 5.96. The molecule has 2 heterocycles. The van der Waals surface area contributed by atoms with Crippen molar-refractivity contribution < 1.29 is 0 Å². The first-order valence-corrected chi connectivity index (χ1v) is 5.51. The van der Waals surface area contributed by atoms with Crippen LogP contribution in [0.5, 0.6) is 0 Å². The second kappa shape index (κ2) is 4.88. The van der Waals surface area contributed by atoms with Crippen molar-refractivity contribution in [3.8, 4) is 0 Å². The molecule has 1 N–H and O–H groups in total. The van der Waals surface area contributed by atoms with Crippen LogP contribution in [0, 0.1) is 0 Å². The third kappa shape index (κ3) is 2.65. The number of rotatable bonds is 3. The standard InChI is InChI=1S/C10H15ClN4/c1-15(8-2-3-12-6-8)7-9-10(11)14-5-4-13-9/h4-5,8,12H,2-3,6-7H2,1H3. The molecule has 1 aromatic rings. The van der Waals surface area contributed by atoms with Crippen LogP contribution in [-0.4, -0.2) is 41.0 Å². The van der Waals surface area contributed by atoms with Gasteiger partial charge >= 0.3 is 0 Å². The maximum atomic E-state index is 5.96. The van der Waals surface area contributed by atoms with Crippen molar-refractivity contribution in [1.29, 1.82) is 0 Å². The fraction of sp³-hybridized carbons (Fsp3) is 0.600. The van der Waals surface area contributed by atoms with E-state index in [9.17, 15) is 0 Å². The molecule has 1 aliphatic heterocycles. The summed E-state index contributed by atoms with van der Waals surface area (Å²) < 4.78 is 0. The highest BCUT2D eigenvalue weighted by atomic mass is 35.5. The van der Waals surface area contributed by atoms with Gasteiger partial charge in [0.15, 0.2) is 5.15 Å². The second-order valence-electron chi connectivity index (χ2n) is 3.86. The predicted octanol–water partition coefficient (Wildman–Crippen LogP) is 0.924. The van der Waals surface area contributed by atoms with Crippen LogP contribution in [-0.2, 0) is 6.54 Å². The molecule has 15 heavy (non-hydrogen) atoms. The van der Waals surface area contributed by atoms with Gasteiger partial charge in [-0.1, -0.05) is 11.6 Å². The van der Waals surface area contributed by atoms with Gasteiger partial charge in [-0.25, -0.2) is 4.98 Å². The summed E-state index contributed by atoms with van der Waals surface area (Å²) in [5, 5.41) is 3.85. The number of likely N-dealkylation sites (N-methyl/N-ethyl adjacent to an activating group) is 1. The van der Waals surface area contributed by atoms with E-state index in [1.807, 2.05) is 0 Å². The Balaban J connectivity index is 1.99. The molecule has 1 saturated heterocycles. The molecular formula is C10H15ClN4. The summed E-state index contributed by atoms with van der Waals surface area (Å²) in [5.74, 6) is 0. The van der Waals surface area contributed by atoms with Crippen LogP contribution in [0.15, 0.2) is 12.4 Å². The lowest BCUT2D eigenvalue weighted by atomic mass is 10.2. The van der Waals surface area contributed by atoms with Gasteiger partial charge in [0, 0.05) is 31.5 Å². The lowest BCUT2D eigenvalue weighted by molar-refractivity contribution is 0.246. The Morgan fingerprint density at radius 2 is 2.33 bits per heavy atom. The van der Waals surface area contributed by atoms with Crippen LogP contribution in [0.1, 0.15) is 12.1 Å². The Hall–Kier alpha value is -0.710. The summed E-state index contributed by atoms with van der Waals surface area (Å²) in [7, 11) is 2.10. The normalized spacial score (nSPS) is 21.1. The van der Waals surface area contributed by atoms with Crippen molar-refractivity contribution in [2.24, 2.45) is 0 Å². The zero-order valence-corrected chi connectivity index (χ0v) is 9.54. The van der Waals surface area contributed by atoms with E-state index in [0.717, 1.165) is 25.3 Å². The third-order valence-electron chi connectivity index (χ3n) is 2.78. The molecule has 0 spiro atoms. The van der Waals surface area contributed by atoms with E-state index < -0.39 is 0 Å². The van der Waals surface area contributed by atoms with Gasteiger partial charge in [0.2, 0.25) is 0 Å². The fourth-order valence-electron chi connectivity index (χ4n) is 1.84. The van der Waals surface area contributed by atoms with Crippen molar-refractivity contribution >= 4 is 11.6 Å². The van der Waals surface area contributed by atoms with Gasteiger partial charge in [-0.2, -0.15) is 0 Å². The van der Waals surface area contributed by atoms with E-state index in [4.69, 9.17) is 11.6 Å². The topological polar surface area (TPSA) is 41.1 Å². The zero-order chi connectivity index (χ0) is 10.7. The van der Waals surface area contributed by atoms with Crippen LogP contribution in [0.3, 0.4) is 0 Å². The summed E-state index contributed by atoms with van der Waals surface area (Å²) in [4.78, 5) is 10.5. The first kappa shape index (κ1) is 10.8. The summed E-state index contributed by atoms with van der Waals surface area (Å²) in [6.07, 6.45) is 4.49. The van der Waals surface area contributed by atoms with E-state index in [-0.39, 0.29) is 0 Å². The largest absolute Gasteiger partial charge is 0.315 e. The smallest absolute Gasteiger partial charge is 0.151 e. The van der Waals surface area contributed by atoms with E-state index >= 15 is 0 Å². The Labute approximate surface area is 94.7 Å². The molecule has 0 saturated carbocycles. The number of hydrogen-bond acceptors (Lipinski definition) is 4. The van der Waals surface area contributed by atoms with Crippen molar-refractivity contribution in [2.75, 3.05) is 20.1 Å². The predicted molar refractivity (Wildman–Crippen MR) is 59.8 cm³/mol. The summed E-state index contributed by atoms with van der Waals surface area (Å²) in [6, 6.07) is 0.586. The molecule has 1 atom stereocenters. The molecule has 1 aliphatic rings. The minimum Gasteiger partial charge on any atom is -0.315 e. The quantitative estimate of drug-likeness (QED) is 0.833. The van der Waals surface area contributed by atoms with Crippen LogP contribution in [0.4, 0.5) is 0 Å². The zero-order valence-electron chi connectivity index (χ0n) is 8.78. The molecular weight excluding hydrogens is 212 g/mol.